The Hall–Kier alpha value is -2.40. The van der Waals surface area contributed by atoms with Gasteiger partial charge in [-0.25, -0.2) is 9.18 Å². The van der Waals surface area contributed by atoms with Crippen LogP contribution in [0.4, 0.5) is 10.1 Å². The van der Waals surface area contributed by atoms with Crippen molar-refractivity contribution >= 4 is 29.2 Å². The molecule has 0 heterocycles. The van der Waals surface area contributed by atoms with E-state index in [-0.39, 0.29) is 10.6 Å². The molecule has 2 rings (SSSR count). The third-order valence-electron chi connectivity index (χ3n) is 3.43. The molecular formula is C18H17ClFNO3. The smallest absolute Gasteiger partial charge is 0.341 e. The molecule has 24 heavy (non-hydrogen) atoms. The van der Waals surface area contributed by atoms with Crippen LogP contribution in [0, 0.1) is 5.82 Å². The van der Waals surface area contributed by atoms with Crippen molar-refractivity contribution in [3.05, 3.63) is 64.4 Å². The molecule has 0 fully saturated rings. The van der Waals surface area contributed by atoms with Gasteiger partial charge >= 0.3 is 5.97 Å². The molecule has 0 spiro atoms. The van der Waals surface area contributed by atoms with E-state index in [1.807, 2.05) is 19.1 Å². The highest BCUT2D eigenvalue weighted by molar-refractivity contribution is 6.30. The lowest BCUT2D eigenvalue weighted by molar-refractivity contribution is -0.123. The van der Waals surface area contributed by atoms with Crippen molar-refractivity contribution < 1.29 is 18.7 Å². The number of carbonyl (C=O) groups is 2. The first-order valence-electron chi connectivity index (χ1n) is 7.46. The van der Waals surface area contributed by atoms with Crippen LogP contribution >= 0.6 is 11.6 Å². The highest BCUT2D eigenvalue weighted by Gasteiger charge is 2.21. The fraction of sp³-hybridized carbons (Fsp3) is 0.222. The van der Waals surface area contributed by atoms with E-state index in [2.05, 4.69) is 5.32 Å². The van der Waals surface area contributed by atoms with Gasteiger partial charge in [0.2, 0.25) is 0 Å². The Kier molecular flexibility index (Phi) is 5.93. The summed E-state index contributed by atoms with van der Waals surface area (Å²) in [5, 5.41) is 2.81. The number of anilines is 1. The number of hydrogen-bond acceptors (Lipinski definition) is 3. The van der Waals surface area contributed by atoms with Gasteiger partial charge in [0.25, 0.3) is 5.91 Å². The summed E-state index contributed by atoms with van der Waals surface area (Å²) >= 11 is 5.63. The second-order valence-corrected chi connectivity index (χ2v) is 5.65. The van der Waals surface area contributed by atoms with Crippen LogP contribution in [0.5, 0.6) is 0 Å². The van der Waals surface area contributed by atoms with Crippen LogP contribution in [-0.2, 0) is 16.0 Å². The second kappa shape index (κ2) is 7.93. The van der Waals surface area contributed by atoms with Gasteiger partial charge in [-0.05, 0) is 49.2 Å². The molecule has 1 amide bonds. The zero-order valence-electron chi connectivity index (χ0n) is 13.3. The van der Waals surface area contributed by atoms with Crippen LogP contribution in [0.15, 0.2) is 42.5 Å². The van der Waals surface area contributed by atoms with Crippen LogP contribution in [-0.4, -0.2) is 18.0 Å². The highest BCUT2D eigenvalue weighted by Crippen LogP contribution is 2.16. The molecule has 0 aliphatic carbocycles. The number of aryl methyl sites for hydroxylation is 1. The maximum Gasteiger partial charge on any atom is 0.341 e. The van der Waals surface area contributed by atoms with E-state index in [4.69, 9.17) is 16.3 Å². The third kappa shape index (κ3) is 4.55. The topological polar surface area (TPSA) is 55.4 Å². The van der Waals surface area contributed by atoms with Crippen molar-refractivity contribution in [2.24, 2.45) is 0 Å². The number of esters is 1. The summed E-state index contributed by atoms with van der Waals surface area (Å²) in [7, 11) is 0. The first-order valence-corrected chi connectivity index (χ1v) is 7.84. The first-order chi connectivity index (χ1) is 11.4. The Balaban J connectivity index is 1.98. The number of halogens is 2. The molecular weight excluding hydrogens is 333 g/mol. The lowest BCUT2D eigenvalue weighted by atomic mass is 10.1. The fourth-order valence-electron chi connectivity index (χ4n) is 2.00. The predicted molar refractivity (Wildman–Crippen MR) is 90.7 cm³/mol. The molecule has 0 aliphatic heterocycles. The summed E-state index contributed by atoms with van der Waals surface area (Å²) in [6.07, 6.45) is -0.173. The van der Waals surface area contributed by atoms with Crippen LogP contribution in [0.25, 0.3) is 0 Å². The zero-order valence-corrected chi connectivity index (χ0v) is 14.1. The van der Waals surface area contributed by atoms with Gasteiger partial charge in [0.15, 0.2) is 6.10 Å². The maximum atomic E-state index is 13.7. The van der Waals surface area contributed by atoms with Crippen molar-refractivity contribution in [2.45, 2.75) is 26.4 Å². The van der Waals surface area contributed by atoms with Crippen LogP contribution in [0.1, 0.15) is 29.8 Å². The maximum absolute atomic E-state index is 13.7. The normalized spacial score (nSPS) is 11.7. The Morgan fingerprint density at radius 1 is 1.21 bits per heavy atom. The summed E-state index contributed by atoms with van der Waals surface area (Å²) in [5.41, 5.74) is 1.47. The number of amides is 1. The molecule has 4 nitrogen and oxygen atoms in total. The van der Waals surface area contributed by atoms with Gasteiger partial charge in [-0.2, -0.15) is 0 Å². The number of ether oxygens (including phenoxy) is 1. The minimum Gasteiger partial charge on any atom is -0.449 e. The Morgan fingerprint density at radius 3 is 2.46 bits per heavy atom. The molecule has 0 saturated carbocycles. The van der Waals surface area contributed by atoms with E-state index in [9.17, 15) is 14.0 Å². The molecule has 0 radical (unpaired) electrons. The molecule has 1 atom stereocenters. The summed E-state index contributed by atoms with van der Waals surface area (Å²) in [4.78, 5) is 24.0. The van der Waals surface area contributed by atoms with E-state index in [0.717, 1.165) is 18.1 Å². The van der Waals surface area contributed by atoms with E-state index < -0.39 is 23.8 Å². The summed E-state index contributed by atoms with van der Waals surface area (Å²) in [5.74, 6) is -2.22. The van der Waals surface area contributed by atoms with Crippen molar-refractivity contribution in [1.82, 2.24) is 0 Å². The van der Waals surface area contributed by atoms with E-state index in [1.165, 1.54) is 19.1 Å². The molecule has 0 aromatic heterocycles. The average Bonchev–Trinajstić information content (AvgIpc) is 2.55. The van der Waals surface area contributed by atoms with Gasteiger partial charge in [0.05, 0.1) is 5.56 Å². The number of rotatable bonds is 5. The lowest BCUT2D eigenvalue weighted by Crippen LogP contribution is -2.30. The molecule has 6 heteroatoms. The second-order valence-electron chi connectivity index (χ2n) is 5.21. The standard InChI is InChI=1S/C18H17ClFNO3/c1-3-12-4-7-14(8-5-12)21-17(22)11(2)24-18(23)15-9-6-13(19)10-16(15)20/h4-11H,3H2,1-2H3,(H,21,22)/t11-/m0/s1. The number of nitrogens with one attached hydrogen (secondary N) is 1. The Bertz CT molecular complexity index is 746. The molecule has 0 saturated heterocycles. The number of benzene rings is 2. The van der Waals surface area contributed by atoms with Crippen molar-refractivity contribution in [2.75, 3.05) is 5.32 Å². The Labute approximate surface area is 144 Å². The molecule has 0 bridgehead atoms. The van der Waals surface area contributed by atoms with Crippen molar-refractivity contribution in [3.63, 3.8) is 0 Å². The van der Waals surface area contributed by atoms with E-state index in [1.54, 1.807) is 12.1 Å². The zero-order chi connectivity index (χ0) is 17.7. The molecule has 126 valence electrons. The predicted octanol–water partition coefficient (Wildman–Crippen LogP) is 4.23. The van der Waals surface area contributed by atoms with E-state index >= 15 is 0 Å². The van der Waals surface area contributed by atoms with Gasteiger partial charge in [-0.1, -0.05) is 30.7 Å². The molecule has 2 aromatic rings. The summed E-state index contributed by atoms with van der Waals surface area (Å²) < 4.78 is 18.7. The minimum absolute atomic E-state index is 0.172. The van der Waals surface area contributed by atoms with Gasteiger partial charge in [0, 0.05) is 10.7 Å². The Morgan fingerprint density at radius 2 is 1.88 bits per heavy atom. The van der Waals surface area contributed by atoms with Gasteiger partial charge in [-0.15, -0.1) is 0 Å². The molecule has 1 N–H and O–H groups in total. The SMILES string of the molecule is CCc1ccc(NC(=O)[C@H](C)OC(=O)c2ccc(Cl)cc2F)cc1. The largest absolute Gasteiger partial charge is 0.449 e. The lowest BCUT2D eigenvalue weighted by Gasteiger charge is -2.14. The quantitative estimate of drug-likeness (QED) is 0.822. The van der Waals surface area contributed by atoms with Crippen molar-refractivity contribution in [3.8, 4) is 0 Å². The first kappa shape index (κ1) is 17.9. The van der Waals surface area contributed by atoms with Crippen LogP contribution < -0.4 is 5.32 Å². The monoisotopic (exact) mass is 349 g/mol. The summed E-state index contributed by atoms with van der Waals surface area (Å²) in [6, 6.07) is 10.9. The average molecular weight is 350 g/mol. The van der Waals surface area contributed by atoms with Crippen LogP contribution in [0.3, 0.4) is 0 Å². The van der Waals surface area contributed by atoms with Gasteiger partial charge in [0.1, 0.15) is 5.82 Å². The van der Waals surface area contributed by atoms with Crippen LogP contribution in [0.2, 0.25) is 5.02 Å². The number of hydrogen-bond donors (Lipinski definition) is 1. The summed E-state index contributed by atoms with van der Waals surface area (Å²) in [6.45, 7) is 3.45. The highest BCUT2D eigenvalue weighted by atomic mass is 35.5. The molecule has 0 unspecified atom stereocenters. The molecule has 0 aliphatic rings. The van der Waals surface area contributed by atoms with Gasteiger partial charge < -0.3 is 10.1 Å². The fourth-order valence-corrected chi connectivity index (χ4v) is 2.16. The number of carbonyl (C=O) groups excluding carboxylic acids is 2. The van der Waals surface area contributed by atoms with Crippen molar-refractivity contribution in [1.29, 1.82) is 0 Å². The van der Waals surface area contributed by atoms with E-state index in [0.29, 0.717) is 5.69 Å². The van der Waals surface area contributed by atoms with Gasteiger partial charge in [-0.3, -0.25) is 4.79 Å². The molecule has 2 aromatic carbocycles. The third-order valence-corrected chi connectivity index (χ3v) is 3.67. The minimum atomic E-state index is -1.07.